The Morgan fingerprint density at radius 2 is 2.11 bits per heavy atom. The molecule has 2 nitrogen and oxygen atoms in total. The molecule has 1 N–H and O–H groups in total. The summed E-state index contributed by atoms with van der Waals surface area (Å²) >= 11 is 0. The molecule has 0 amide bonds. The van der Waals surface area contributed by atoms with Gasteiger partial charge in [0.2, 0.25) is 0 Å². The third-order valence-corrected chi connectivity index (χ3v) is 4.06. The minimum Gasteiger partial charge on any atom is -0.396 e. The van der Waals surface area contributed by atoms with Crippen molar-refractivity contribution in [2.24, 2.45) is 0 Å². The summed E-state index contributed by atoms with van der Waals surface area (Å²) in [5.74, 6) is 0.281. The molecule has 100 valence electrons. The van der Waals surface area contributed by atoms with Gasteiger partial charge in [-0.05, 0) is 50.8 Å². The predicted molar refractivity (Wildman–Crippen MR) is 77.3 cm³/mol. The highest BCUT2D eigenvalue weighted by Gasteiger charge is 2.37. The van der Waals surface area contributed by atoms with Gasteiger partial charge in [0.15, 0.2) is 0 Å². The van der Waals surface area contributed by atoms with Crippen LogP contribution in [-0.2, 0) is 0 Å². The maximum Gasteiger partial charge on any atom is 0.0501 e. The summed E-state index contributed by atoms with van der Waals surface area (Å²) in [6, 6.07) is 6.63. The molecule has 0 saturated heterocycles. The third kappa shape index (κ3) is 2.26. The number of rotatable bonds is 3. The van der Waals surface area contributed by atoms with Crippen LogP contribution in [0.3, 0.4) is 0 Å². The van der Waals surface area contributed by atoms with Crippen LogP contribution in [0.2, 0.25) is 0 Å². The fraction of sp³-hybridized carbons (Fsp3) is 0.625. The Morgan fingerprint density at radius 1 is 1.39 bits per heavy atom. The summed E-state index contributed by atoms with van der Waals surface area (Å²) in [4.78, 5) is 2.52. The Hall–Kier alpha value is -1.02. The van der Waals surface area contributed by atoms with Crippen molar-refractivity contribution >= 4 is 5.69 Å². The topological polar surface area (TPSA) is 23.5 Å². The van der Waals surface area contributed by atoms with E-state index < -0.39 is 0 Å². The van der Waals surface area contributed by atoms with Crippen LogP contribution < -0.4 is 4.90 Å². The summed E-state index contributed by atoms with van der Waals surface area (Å²) in [5.41, 5.74) is 4.07. The second-order valence-electron chi connectivity index (χ2n) is 6.11. The molecule has 1 aromatic carbocycles. The Bertz CT molecular complexity index is 425. The van der Waals surface area contributed by atoms with Crippen molar-refractivity contribution in [1.82, 2.24) is 0 Å². The van der Waals surface area contributed by atoms with Gasteiger partial charge in [-0.3, -0.25) is 0 Å². The number of aliphatic hydroxyl groups is 1. The minimum absolute atomic E-state index is 0.129. The molecule has 1 atom stereocenters. The smallest absolute Gasteiger partial charge is 0.0501 e. The molecule has 2 heteroatoms. The van der Waals surface area contributed by atoms with Crippen LogP contribution in [0.1, 0.15) is 50.7 Å². The van der Waals surface area contributed by atoms with E-state index in [1.807, 2.05) is 0 Å². The summed E-state index contributed by atoms with van der Waals surface area (Å²) in [7, 11) is 0. The highest BCUT2D eigenvalue weighted by molar-refractivity contribution is 5.61. The Morgan fingerprint density at radius 3 is 2.72 bits per heavy atom. The first-order chi connectivity index (χ1) is 8.49. The normalized spacial score (nSPS) is 21.8. The molecule has 0 radical (unpaired) electrons. The largest absolute Gasteiger partial charge is 0.396 e. The Labute approximate surface area is 111 Å². The molecule has 18 heavy (non-hydrogen) atoms. The number of benzene rings is 1. The number of fused-ring (bicyclic) bond motifs is 1. The third-order valence-electron chi connectivity index (χ3n) is 4.06. The monoisotopic (exact) mass is 247 g/mol. The lowest BCUT2D eigenvalue weighted by molar-refractivity contribution is 0.229. The second kappa shape index (κ2) is 4.93. The lowest BCUT2D eigenvalue weighted by Gasteiger charge is -2.48. The van der Waals surface area contributed by atoms with Crippen molar-refractivity contribution in [3.8, 4) is 0 Å². The van der Waals surface area contributed by atoms with E-state index in [9.17, 15) is 5.11 Å². The standard InChI is InChI=1S/C16H25NO/c1-5-8-17-15-9-12(2)6-7-14(15)13(11-18)10-16(17,3)4/h6-7,9,13,18H,5,8,10-11H2,1-4H3. The van der Waals surface area contributed by atoms with E-state index in [1.165, 1.54) is 16.8 Å². The van der Waals surface area contributed by atoms with Crippen molar-refractivity contribution in [3.63, 3.8) is 0 Å². The van der Waals surface area contributed by atoms with Gasteiger partial charge < -0.3 is 10.0 Å². The molecule has 0 fully saturated rings. The van der Waals surface area contributed by atoms with Gasteiger partial charge in [-0.2, -0.15) is 0 Å². The molecule has 2 rings (SSSR count). The predicted octanol–water partition coefficient (Wildman–Crippen LogP) is 3.47. The first-order valence-electron chi connectivity index (χ1n) is 6.98. The molecule has 1 aliphatic heterocycles. The average Bonchev–Trinajstić information content (AvgIpc) is 2.32. The van der Waals surface area contributed by atoms with Gasteiger partial charge in [-0.15, -0.1) is 0 Å². The average molecular weight is 247 g/mol. The Kier molecular flexibility index (Phi) is 3.67. The molecule has 0 aliphatic carbocycles. The van der Waals surface area contributed by atoms with Crippen molar-refractivity contribution in [2.45, 2.75) is 52.0 Å². The lowest BCUT2D eigenvalue weighted by atomic mass is 9.79. The number of aryl methyl sites for hydroxylation is 1. The summed E-state index contributed by atoms with van der Waals surface area (Å²) < 4.78 is 0. The van der Waals surface area contributed by atoms with E-state index in [0.29, 0.717) is 0 Å². The summed E-state index contributed by atoms with van der Waals surface area (Å²) in [6.07, 6.45) is 2.18. The van der Waals surface area contributed by atoms with E-state index in [-0.39, 0.29) is 18.1 Å². The van der Waals surface area contributed by atoms with Crippen LogP contribution in [0.15, 0.2) is 18.2 Å². The van der Waals surface area contributed by atoms with Crippen molar-refractivity contribution in [1.29, 1.82) is 0 Å². The molecule has 1 aliphatic rings. The number of hydrogen-bond donors (Lipinski definition) is 1. The van der Waals surface area contributed by atoms with Crippen LogP contribution in [0.5, 0.6) is 0 Å². The highest BCUT2D eigenvalue weighted by atomic mass is 16.3. The maximum atomic E-state index is 9.64. The van der Waals surface area contributed by atoms with Crippen LogP contribution in [0.25, 0.3) is 0 Å². The van der Waals surface area contributed by atoms with Gasteiger partial charge in [0.05, 0.1) is 6.61 Å². The fourth-order valence-electron chi connectivity index (χ4n) is 3.19. The molecule has 0 aromatic heterocycles. The van der Waals surface area contributed by atoms with Gasteiger partial charge >= 0.3 is 0 Å². The number of hydrogen-bond acceptors (Lipinski definition) is 2. The number of aliphatic hydroxyl groups excluding tert-OH is 1. The van der Waals surface area contributed by atoms with E-state index in [2.05, 4.69) is 50.8 Å². The zero-order chi connectivity index (χ0) is 13.3. The number of anilines is 1. The fourth-order valence-corrected chi connectivity index (χ4v) is 3.19. The second-order valence-corrected chi connectivity index (χ2v) is 6.11. The van der Waals surface area contributed by atoms with Crippen LogP contribution >= 0.6 is 0 Å². The molecule has 1 aromatic rings. The molecular weight excluding hydrogens is 222 g/mol. The first kappa shape index (κ1) is 13.4. The Balaban J connectivity index is 2.51. The summed E-state index contributed by atoms with van der Waals surface area (Å²) in [5, 5.41) is 9.64. The molecule has 0 spiro atoms. The van der Waals surface area contributed by atoms with Gasteiger partial charge in [-0.25, -0.2) is 0 Å². The van der Waals surface area contributed by atoms with Gasteiger partial charge in [-0.1, -0.05) is 19.1 Å². The van der Waals surface area contributed by atoms with E-state index in [4.69, 9.17) is 0 Å². The molecule has 0 saturated carbocycles. The first-order valence-corrected chi connectivity index (χ1v) is 6.98. The van der Waals surface area contributed by atoms with Crippen LogP contribution in [0.4, 0.5) is 5.69 Å². The SMILES string of the molecule is CCCN1c2cc(C)ccc2C(CO)CC1(C)C. The van der Waals surface area contributed by atoms with Crippen molar-refractivity contribution in [2.75, 3.05) is 18.1 Å². The number of nitrogens with zero attached hydrogens (tertiary/aromatic N) is 1. The lowest BCUT2D eigenvalue weighted by Crippen LogP contribution is -2.49. The van der Waals surface area contributed by atoms with E-state index in [1.54, 1.807) is 0 Å². The van der Waals surface area contributed by atoms with Crippen LogP contribution in [0, 0.1) is 6.92 Å². The zero-order valence-electron chi connectivity index (χ0n) is 12.0. The minimum atomic E-state index is 0.129. The van der Waals surface area contributed by atoms with Crippen molar-refractivity contribution in [3.05, 3.63) is 29.3 Å². The van der Waals surface area contributed by atoms with Gasteiger partial charge in [0.1, 0.15) is 0 Å². The molecule has 1 unspecified atom stereocenters. The van der Waals surface area contributed by atoms with Gasteiger partial charge in [0.25, 0.3) is 0 Å². The van der Waals surface area contributed by atoms with E-state index >= 15 is 0 Å². The molecular formula is C16H25NO. The molecule has 1 heterocycles. The van der Waals surface area contributed by atoms with Crippen molar-refractivity contribution < 1.29 is 5.11 Å². The maximum absolute atomic E-state index is 9.64. The summed E-state index contributed by atoms with van der Waals surface area (Å²) in [6.45, 7) is 10.3. The van der Waals surface area contributed by atoms with Gasteiger partial charge in [0, 0.05) is 23.7 Å². The quantitative estimate of drug-likeness (QED) is 0.884. The highest BCUT2D eigenvalue weighted by Crippen LogP contribution is 2.43. The van der Waals surface area contributed by atoms with Crippen LogP contribution in [-0.4, -0.2) is 23.8 Å². The van der Waals surface area contributed by atoms with E-state index in [0.717, 1.165) is 19.4 Å². The molecule has 0 bridgehead atoms. The zero-order valence-corrected chi connectivity index (χ0v) is 12.0.